The van der Waals surface area contributed by atoms with Gasteiger partial charge in [-0.05, 0) is 54.1 Å². The SMILES string of the molecule is CCS(=O)(=O)c1ccc([C@H](CO)NC(=O)c2ccc(N3CC(Oc4ccc(C(F)(F)F)cc4)C[C@H]3COC(F)F)nc2)cc1. The molecule has 44 heavy (non-hydrogen) atoms. The van der Waals surface area contributed by atoms with Crippen LogP contribution in [0.2, 0.25) is 0 Å². The molecule has 4 rings (SSSR count). The van der Waals surface area contributed by atoms with Gasteiger partial charge in [-0.3, -0.25) is 4.79 Å². The van der Waals surface area contributed by atoms with Crippen molar-refractivity contribution in [1.29, 1.82) is 0 Å². The Bertz CT molecular complexity index is 1500. The van der Waals surface area contributed by atoms with Gasteiger partial charge >= 0.3 is 12.8 Å². The molecule has 2 N–H and O–H groups in total. The fourth-order valence-electron chi connectivity index (χ4n) is 4.74. The predicted molar refractivity (Wildman–Crippen MR) is 149 cm³/mol. The molecular formula is C29H30F5N3O6S. The molecule has 1 amide bonds. The lowest BCUT2D eigenvalue weighted by molar-refractivity contribution is -0.137. The third kappa shape index (κ3) is 8.21. The maximum atomic E-state index is 12.9. The Hall–Kier alpha value is -3.82. The first-order chi connectivity index (χ1) is 20.8. The lowest BCUT2D eigenvalue weighted by Crippen LogP contribution is -2.35. The van der Waals surface area contributed by atoms with Crippen molar-refractivity contribution in [2.45, 2.75) is 49.2 Å². The second kappa shape index (κ2) is 13.9. The minimum absolute atomic E-state index is 0.0697. The van der Waals surface area contributed by atoms with Gasteiger partial charge in [0.15, 0.2) is 9.84 Å². The summed E-state index contributed by atoms with van der Waals surface area (Å²) in [5.74, 6) is -0.136. The zero-order valence-electron chi connectivity index (χ0n) is 23.4. The monoisotopic (exact) mass is 643 g/mol. The van der Waals surface area contributed by atoms with Crippen LogP contribution in [0.1, 0.15) is 40.9 Å². The summed E-state index contributed by atoms with van der Waals surface area (Å²) in [6.45, 7) is -2.16. The molecule has 1 unspecified atom stereocenters. The van der Waals surface area contributed by atoms with Crippen LogP contribution in [0.4, 0.5) is 27.8 Å². The number of benzene rings is 2. The Morgan fingerprint density at radius 1 is 1.09 bits per heavy atom. The van der Waals surface area contributed by atoms with Gasteiger partial charge < -0.3 is 24.8 Å². The average Bonchev–Trinajstić information content (AvgIpc) is 3.41. The van der Waals surface area contributed by atoms with Crippen molar-refractivity contribution in [2.24, 2.45) is 0 Å². The maximum absolute atomic E-state index is 12.9. The molecule has 1 aliphatic heterocycles. The molecular weight excluding hydrogens is 613 g/mol. The molecule has 2 aromatic carbocycles. The number of nitrogens with zero attached hydrogens (tertiary/aromatic N) is 2. The van der Waals surface area contributed by atoms with Crippen LogP contribution in [-0.2, 0) is 20.8 Å². The van der Waals surface area contributed by atoms with Gasteiger partial charge in [-0.1, -0.05) is 19.1 Å². The molecule has 3 atom stereocenters. The number of hydrogen-bond donors (Lipinski definition) is 2. The Morgan fingerprint density at radius 3 is 2.32 bits per heavy atom. The zero-order chi connectivity index (χ0) is 32.1. The van der Waals surface area contributed by atoms with E-state index in [0.717, 1.165) is 12.1 Å². The van der Waals surface area contributed by atoms with Crippen LogP contribution >= 0.6 is 0 Å². The number of anilines is 1. The van der Waals surface area contributed by atoms with Gasteiger partial charge in [-0.25, -0.2) is 13.4 Å². The Morgan fingerprint density at radius 2 is 1.77 bits per heavy atom. The van der Waals surface area contributed by atoms with Crippen molar-refractivity contribution >= 4 is 21.6 Å². The number of rotatable bonds is 12. The fraction of sp³-hybridized carbons (Fsp3) is 0.379. The lowest BCUT2D eigenvalue weighted by Gasteiger charge is -2.25. The first kappa shape index (κ1) is 33.1. The Balaban J connectivity index is 1.44. The number of pyridine rings is 1. The van der Waals surface area contributed by atoms with Gasteiger partial charge in [0.1, 0.15) is 17.7 Å². The molecule has 0 bridgehead atoms. The molecule has 9 nitrogen and oxygen atoms in total. The van der Waals surface area contributed by atoms with Crippen LogP contribution in [0.3, 0.4) is 0 Å². The minimum atomic E-state index is -4.50. The number of aliphatic hydroxyl groups excluding tert-OH is 1. The molecule has 1 aliphatic rings. The summed E-state index contributed by atoms with van der Waals surface area (Å²) in [4.78, 5) is 19.0. The molecule has 0 aliphatic carbocycles. The van der Waals surface area contributed by atoms with Crippen molar-refractivity contribution in [3.63, 3.8) is 0 Å². The topological polar surface area (TPSA) is 118 Å². The summed E-state index contributed by atoms with van der Waals surface area (Å²) >= 11 is 0. The molecule has 0 saturated carbocycles. The van der Waals surface area contributed by atoms with Crippen molar-refractivity contribution in [3.05, 3.63) is 83.6 Å². The van der Waals surface area contributed by atoms with Crippen LogP contribution in [-0.4, -0.2) is 68.7 Å². The number of aromatic nitrogens is 1. The van der Waals surface area contributed by atoms with Gasteiger partial charge in [0.2, 0.25) is 0 Å². The van der Waals surface area contributed by atoms with E-state index in [2.05, 4.69) is 15.0 Å². The van der Waals surface area contributed by atoms with E-state index in [1.807, 2.05) is 0 Å². The van der Waals surface area contributed by atoms with Gasteiger partial charge in [-0.2, -0.15) is 22.0 Å². The summed E-state index contributed by atoms with van der Waals surface area (Å²) < 4.78 is 98.7. The maximum Gasteiger partial charge on any atom is 0.416 e. The molecule has 1 saturated heterocycles. The molecule has 1 fully saturated rings. The summed E-state index contributed by atoms with van der Waals surface area (Å²) in [5.41, 5.74) is -0.215. The zero-order valence-corrected chi connectivity index (χ0v) is 24.2. The number of ether oxygens (including phenoxy) is 2. The number of nitrogens with one attached hydrogen (secondary N) is 1. The highest BCUT2D eigenvalue weighted by Crippen LogP contribution is 2.32. The van der Waals surface area contributed by atoms with Crippen molar-refractivity contribution in [1.82, 2.24) is 10.3 Å². The molecule has 1 aromatic heterocycles. The number of amides is 1. The molecule has 2 heterocycles. The highest BCUT2D eigenvalue weighted by atomic mass is 32.2. The van der Waals surface area contributed by atoms with Crippen LogP contribution < -0.4 is 15.0 Å². The number of carbonyl (C=O) groups excluding carboxylic acids is 1. The molecule has 15 heteroatoms. The normalized spacial score (nSPS) is 18.0. The first-order valence-corrected chi connectivity index (χ1v) is 15.2. The van der Waals surface area contributed by atoms with E-state index in [4.69, 9.17) is 4.74 Å². The van der Waals surface area contributed by atoms with Crippen LogP contribution in [0.25, 0.3) is 0 Å². The third-order valence-electron chi connectivity index (χ3n) is 7.09. The largest absolute Gasteiger partial charge is 0.489 e. The van der Waals surface area contributed by atoms with Crippen LogP contribution in [0.15, 0.2) is 71.8 Å². The van der Waals surface area contributed by atoms with E-state index in [9.17, 15) is 40.3 Å². The van der Waals surface area contributed by atoms with Crippen molar-refractivity contribution < 1.29 is 49.7 Å². The van der Waals surface area contributed by atoms with E-state index in [1.165, 1.54) is 61.7 Å². The predicted octanol–water partition coefficient (Wildman–Crippen LogP) is 4.62. The van der Waals surface area contributed by atoms with E-state index >= 15 is 0 Å². The quantitative estimate of drug-likeness (QED) is 0.275. The molecule has 0 spiro atoms. The summed E-state index contributed by atoms with van der Waals surface area (Å²) in [6.07, 6.45) is -3.59. The summed E-state index contributed by atoms with van der Waals surface area (Å²) in [5, 5.41) is 12.5. The molecule has 238 valence electrons. The van der Waals surface area contributed by atoms with Gasteiger partial charge in [0, 0.05) is 12.6 Å². The van der Waals surface area contributed by atoms with Gasteiger partial charge in [0.25, 0.3) is 5.91 Å². The van der Waals surface area contributed by atoms with Crippen molar-refractivity contribution in [3.8, 4) is 5.75 Å². The lowest BCUT2D eigenvalue weighted by atomic mass is 10.1. The van der Waals surface area contributed by atoms with E-state index in [0.29, 0.717) is 11.4 Å². The van der Waals surface area contributed by atoms with Crippen molar-refractivity contribution in [2.75, 3.05) is 30.4 Å². The first-order valence-electron chi connectivity index (χ1n) is 13.5. The standard InChI is InChI=1S/C29H30F5N3O6S/c1-2-44(40,41)24-10-3-18(4-11-24)25(16-38)36-27(39)19-5-12-26(35-14-19)37-15-23(13-21(37)17-42-28(30)31)43-22-8-6-20(7-9-22)29(32,33)34/h3-12,14,21,23,25,28,38H,2,13,15-17H2,1H3,(H,36,39)/t21-,23?,25-/m0/s1. The number of hydrogen-bond acceptors (Lipinski definition) is 8. The van der Waals surface area contributed by atoms with Gasteiger partial charge in [0.05, 0.1) is 53.6 Å². The highest BCUT2D eigenvalue weighted by molar-refractivity contribution is 7.91. The summed E-state index contributed by atoms with van der Waals surface area (Å²) in [6, 6.07) is 11.5. The fourth-order valence-corrected chi connectivity index (χ4v) is 5.62. The number of aliphatic hydroxyl groups is 1. The molecule has 3 aromatic rings. The second-order valence-electron chi connectivity index (χ2n) is 9.98. The Labute approximate surface area is 250 Å². The van der Waals surface area contributed by atoms with Crippen LogP contribution in [0, 0.1) is 0 Å². The number of halogens is 5. The summed E-state index contributed by atoms with van der Waals surface area (Å²) in [7, 11) is -3.41. The van der Waals surface area contributed by atoms with E-state index in [1.54, 1.807) is 4.90 Å². The van der Waals surface area contributed by atoms with Gasteiger partial charge in [-0.15, -0.1) is 0 Å². The van der Waals surface area contributed by atoms with E-state index < -0.39 is 58.9 Å². The number of sulfone groups is 1. The third-order valence-corrected chi connectivity index (χ3v) is 8.84. The Kier molecular flexibility index (Phi) is 10.4. The average molecular weight is 644 g/mol. The highest BCUT2D eigenvalue weighted by Gasteiger charge is 2.36. The van der Waals surface area contributed by atoms with Crippen LogP contribution in [0.5, 0.6) is 5.75 Å². The van der Waals surface area contributed by atoms with E-state index in [-0.39, 0.29) is 41.5 Å². The smallest absolute Gasteiger partial charge is 0.416 e. The second-order valence-corrected chi connectivity index (χ2v) is 12.3. The molecule has 0 radical (unpaired) electrons. The number of alkyl halides is 5. The number of carbonyl (C=O) groups is 1. The minimum Gasteiger partial charge on any atom is -0.489 e.